The second-order valence-electron chi connectivity index (χ2n) is 10.2. The SMILES string of the molecule is CC(C)(O)[C@@H]1CC[C@@](CO)(C(=O)N2[C@H]3C[C@@H]4CC[C@@]3(CS2(=O)=O)C4(C)C)O1.O. The van der Waals surface area contributed by atoms with Gasteiger partial charge >= 0.3 is 0 Å². The monoisotopic (exact) mass is 419 g/mol. The molecule has 0 radical (unpaired) electrons. The lowest BCUT2D eigenvalue weighted by Crippen LogP contribution is -2.56. The fourth-order valence-electron chi connectivity index (χ4n) is 6.35. The number of nitrogens with zero attached hydrogens (tertiary/aromatic N) is 1. The normalized spacial score (nSPS) is 43.1. The van der Waals surface area contributed by atoms with E-state index in [4.69, 9.17) is 4.74 Å². The highest BCUT2D eigenvalue weighted by atomic mass is 32.2. The van der Waals surface area contributed by atoms with Crippen molar-refractivity contribution < 1.29 is 33.6 Å². The number of hydrogen-bond acceptors (Lipinski definition) is 6. The van der Waals surface area contributed by atoms with E-state index >= 15 is 0 Å². The molecule has 0 aromatic heterocycles. The lowest BCUT2D eigenvalue weighted by Gasteiger charge is -2.39. The first-order valence-corrected chi connectivity index (χ1v) is 11.5. The molecule has 4 aliphatic rings. The molecule has 2 aliphatic heterocycles. The maximum Gasteiger partial charge on any atom is 0.270 e. The maximum absolute atomic E-state index is 13.5. The van der Waals surface area contributed by atoms with E-state index in [9.17, 15) is 23.4 Å². The predicted molar refractivity (Wildman–Crippen MR) is 102 cm³/mol. The van der Waals surface area contributed by atoms with E-state index in [2.05, 4.69) is 13.8 Å². The molecule has 2 heterocycles. The summed E-state index contributed by atoms with van der Waals surface area (Å²) in [5.74, 6) is -0.245. The summed E-state index contributed by atoms with van der Waals surface area (Å²) in [6.07, 6.45) is 2.49. The van der Waals surface area contributed by atoms with Gasteiger partial charge in [0.05, 0.1) is 30.1 Å². The lowest BCUT2D eigenvalue weighted by molar-refractivity contribution is -0.172. The van der Waals surface area contributed by atoms with E-state index in [1.54, 1.807) is 13.8 Å². The number of amides is 1. The fourth-order valence-corrected chi connectivity index (χ4v) is 8.94. The van der Waals surface area contributed by atoms with Gasteiger partial charge in [0, 0.05) is 5.41 Å². The molecular weight excluding hydrogens is 386 g/mol. The minimum atomic E-state index is -3.77. The van der Waals surface area contributed by atoms with Crippen LogP contribution < -0.4 is 0 Å². The molecule has 4 N–H and O–H groups in total. The van der Waals surface area contributed by atoms with E-state index < -0.39 is 45.3 Å². The number of ether oxygens (including phenoxy) is 1. The van der Waals surface area contributed by atoms with E-state index in [-0.39, 0.29) is 29.1 Å². The van der Waals surface area contributed by atoms with Crippen molar-refractivity contribution in [2.75, 3.05) is 12.4 Å². The number of rotatable bonds is 3. The summed E-state index contributed by atoms with van der Waals surface area (Å²) >= 11 is 0. The first-order valence-electron chi connectivity index (χ1n) is 9.88. The summed E-state index contributed by atoms with van der Waals surface area (Å²) in [4.78, 5) is 13.5. The van der Waals surface area contributed by atoms with Gasteiger partial charge in [-0.3, -0.25) is 4.79 Å². The van der Waals surface area contributed by atoms with Gasteiger partial charge in [-0.05, 0) is 57.3 Å². The van der Waals surface area contributed by atoms with Crippen LogP contribution in [0.2, 0.25) is 0 Å². The second kappa shape index (κ2) is 6.14. The predicted octanol–water partition coefficient (Wildman–Crippen LogP) is 0.210. The van der Waals surface area contributed by atoms with Crippen LogP contribution in [0.3, 0.4) is 0 Å². The van der Waals surface area contributed by atoms with E-state index in [0.29, 0.717) is 18.8 Å². The summed E-state index contributed by atoms with van der Waals surface area (Å²) in [6, 6.07) is -0.350. The number of carbonyl (C=O) groups is 1. The number of hydrogen-bond donors (Lipinski definition) is 2. The lowest BCUT2D eigenvalue weighted by atomic mass is 9.69. The number of carbonyl (C=O) groups excluding carboxylic acids is 1. The highest BCUT2D eigenvalue weighted by Crippen LogP contribution is 2.70. The quantitative estimate of drug-likeness (QED) is 0.671. The fraction of sp³-hybridized carbons (Fsp3) is 0.947. The van der Waals surface area contributed by atoms with Crippen LogP contribution in [0.5, 0.6) is 0 Å². The average Bonchev–Trinajstić information content (AvgIpc) is 3.21. The van der Waals surface area contributed by atoms with Gasteiger partial charge in [-0.25, -0.2) is 12.7 Å². The molecule has 4 rings (SSSR count). The molecule has 8 nitrogen and oxygen atoms in total. The molecule has 1 spiro atoms. The van der Waals surface area contributed by atoms with Crippen molar-refractivity contribution in [1.29, 1.82) is 0 Å². The van der Waals surface area contributed by atoms with E-state index in [0.717, 1.165) is 17.1 Å². The molecule has 1 amide bonds. The number of aliphatic hydroxyl groups is 2. The molecule has 9 heteroatoms. The van der Waals surface area contributed by atoms with Crippen LogP contribution in [0.15, 0.2) is 0 Å². The van der Waals surface area contributed by atoms with Crippen molar-refractivity contribution in [3.63, 3.8) is 0 Å². The molecule has 2 saturated carbocycles. The topological polar surface area (TPSA) is 136 Å². The third-order valence-corrected chi connectivity index (χ3v) is 10.1. The molecule has 162 valence electrons. The molecule has 2 aliphatic carbocycles. The van der Waals surface area contributed by atoms with Crippen LogP contribution in [0.25, 0.3) is 0 Å². The van der Waals surface area contributed by atoms with Crippen molar-refractivity contribution in [3.8, 4) is 0 Å². The van der Waals surface area contributed by atoms with Gasteiger partial charge in [0.25, 0.3) is 5.91 Å². The average molecular weight is 420 g/mol. The Bertz CT molecular complexity index is 774. The first kappa shape index (κ1) is 22.0. The van der Waals surface area contributed by atoms with Crippen molar-refractivity contribution >= 4 is 15.9 Å². The Hall–Kier alpha value is -0.740. The maximum atomic E-state index is 13.5. The van der Waals surface area contributed by atoms with Crippen molar-refractivity contribution in [1.82, 2.24) is 4.31 Å². The summed E-state index contributed by atoms with van der Waals surface area (Å²) in [5.41, 5.74) is -3.29. The molecule has 5 atom stereocenters. The molecule has 0 unspecified atom stereocenters. The standard InChI is InChI=1S/C19H31NO6S.H2O/c1-16(2)12-5-7-18(16)11-27(24,25)20(13(18)9-12)15(22)19(10-21)8-6-14(26-19)17(3,4)23;/h12-14,21,23H,5-11H2,1-4H3;1H2/t12-,13-,14-,18-,19+;/m0./s1. The Kier molecular flexibility index (Phi) is 4.81. The zero-order chi connectivity index (χ0) is 20.0. The van der Waals surface area contributed by atoms with Crippen molar-refractivity contribution in [2.24, 2.45) is 16.7 Å². The molecule has 2 saturated heterocycles. The van der Waals surface area contributed by atoms with E-state index in [1.807, 2.05) is 0 Å². The highest BCUT2D eigenvalue weighted by molar-refractivity contribution is 7.90. The van der Waals surface area contributed by atoms with Crippen molar-refractivity contribution in [2.45, 2.75) is 83.1 Å². The van der Waals surface area contributed by atoms with Crippen LogP contribution in [-0.4, -0.2) is 70.0 Å². The molecule has 2 bridgehead atoms. The smallest absolute Gasteiger partial charge is 0.270 e. The minimum absolute atomic E-state index is 0. The van der Waals surface area contributed by atoms with Gasteiger partial charge in [-0.2, -0.15) is 0 Å². The van der Waals surface area contributed by atoms with Gasteiger partial charge < -0.3 is 20.4 Å². The van der Waals surface area contributed by atoms with Crippen molar-refractivity contribution in [3.05, 3.63) is 0 Å². The highest BCUT2D eigenvalue weighted by Gasteiger charge is 2.73. The van der Waals surface area contributed by atoms with Crippen LogP contribution >= 0.6 is 0 Å². The first-order chi connectivity index (χ1) is 12.3. The third kappa shape index (κ3) is 2.56. The molecule has 0 aromatic carbocycles. The zero-order valence-electron chi connectivity index (χ0n) is 17.1. The number of sulfonamides is 1. The Labute approximate surface area is 166 Å². The van der Waals surface area contributed by atoms with Crippen LogP contribution in [-0.2, 0) is 19.6 Å². The van der Waals surface area contributed by atoms with Gasteiger partial charge in [-0.15, -0.1) is 0 Å². The van der Waals surface area contributed by atoms with Gasteiger partial charge in [0.2, 0.25) is 10.0 Å². The van der Waals surface area contributed by atoms with Gasteiger partial charge in [0.15, 0.2) is 5.60 Å². The molecular formula is C19H33NO7S. The molecule has 4 fully saturated rings. The van der Waals surface area contributed by atoms with Crippen LogP contribution in [0.4, 0.5) is 0 Å². The Morgan fingerprint density at radius 3 is 2.39 bits per heavy atom. The zero-order valence-corrected chi connectivity index (χ0v) is 17.9. The van der Waals surface area contributed by atoms with Gasteiger partial charge in [0.1, 0.15) is 0 Å². The number of fused-ring (bicyclic) bond motifs is 1. The summed E-state index contributed by atoms with van der Waals surface area (Å²) in [7, 11) is -3.77. The Balaban J connectivity index is 0.00000225. The second-order valence-corrected chi connectivity index (χ2v) is 12.0. The van der Waals surface area contributed by atoms with Crippen LogP contribution in [0, 0.1) is 16.7 Å². The minimum Gasteiger partial charge on any atom is -0.412 e. The van der Waals surface area contributed by atoms with Crippen LogP contribution in [0.1, 0.15) is 59.8 Å². The summed E-state index contributed by atoms with van der Waals surface area (Å²) < 4.78 is 33.1. The summed E-state index contributed by atoms with van der Waals surface area (Å²) in [6.45, 7) is 6.86. The molecule has 28 heavy (non-hydrogen) atoms. The third-order valence-electron chi connectivity index (χ3n) is 8.22. The Morgan fingerprint density at radius 2 is 1.89 bits per heavy atom. The number of aliphatic hydroxyl groups excluding tert-OH is 1. The van der Waals surface area contributed by atoms with E-state index in [1.165, 1.54) is 0 Å². The molecule has 0 aromatic rings. The van der Waals surface area contributed by atoms with Gasteiger partial charge in [-0.1, -0.05) is 13.8 Å². The largest absolute Gasteiger partial charge is 0.412 e. The Morgan fingerprint density at radius 1 is 1.25 bits per heavy atom. The summed E-state index contributed by atoms with van der Waals surface area (Å²) in [5, 5.41) is 20.3.